The summed E-state index contributed by atoms with van der Waals surface area (Å²) in [6.45, 7) is 5.23. The van der Waals surface area contributed by atoms with Crippen molar-refractivity contribution in [2.75, 3.05) is 54.1 Å². The highest BCUT2D eigenvalue weighted by Crippen LogP contribution is 2.43. The molecule has 0 aromatic carbocycles. The van der Waals surface area contributed by atoms with Crippen molar-refractivity contribution in [2.24, 2.45) is 0 Å². The fourth-order valence-corrected chi connectivity index (χ4v) is 7.03. The summed E-state index contributed by atoms with van der Waals surface area (Å²) >= 11 is 0. The molecule has 9 heteroatoms. The number of phosphoric acid groups is 1. The van der Waals surface area contributed by atoms with Crippen LogP contribution in [-0.2, 0) is 27.9 Å². The molecule has 2 unspecified atom stereocenters. The van der Waals surface area contributed by atoms with E-state index in [2.05, 4.69) is 148 Å². The number of esters is 1. The molecule has 67 heavy (non-hydrogen) atoms. The quantitative estimate of drug-likeness (QED) is 0.0214. The number of carbonyl (C=O) groups excluding carboxylic acids is 1. The molecular weight excluding hydrogens is 854 g/mol. The molecule has 0 saturated heterocycles. The molecule has 0 amide bonds. The zero-order valence-corrected chi connectivity index (χ0v) is 44.0. The number of rotatable bonds is 46. The van der Waals surface area contributed by atoms with Crippen molar-refractivity contribution in [3.05, 3.63) is 134 Å². The van der Waals surface area contributed by atoms with Gasteiger partial charge in [0.15, 0.2) is 0 Å². The largest absolute Gasteiger partial charge is 0.472 e. The van der Waals surface area contributed by atoms with E-state index in [0.717, 1.165) is 116 Å². The standard InChI is InChI=1S/C58H96NO7P/c1-6-8-10-12-14-16-18-20-22-24-26-28-29-30-32-34-36-38-40-42-44-46-48-50-53-63-55-57(56-65-67(61,62)64-54-52-59(3,4)5)66-58(60)51-49-47-45-43-41-39-37-35-33-31-27-25-23-21-19-17-15-13-11-9-7-2/h8-11,14-17,20-23,26-28,30-32,36,38,42,44,57H,6-7,12-13,18-19,24-25,29,33-35,37,39-41,43,45-56H2,1-5H3/p+1/b10-8-,11-9-,16-14-,17-15-,22-20-,23-21-,28-26-,31-27-,32-30-,38-36-,44-42-. The molecule has 0 aliphatic rings. The molecule has 0 aliphatic carbocycles. The van der Waals surface area contributed by atoms with E-state index < -0.39 is 13.9 Å². The number of hydrogen-bond acceptors (Lipinski definition) is 6. The monoisotopic (exact) mass is 951 g/mol. The Bertz CT molecular complexity index is 1520. The molecule has 0 aliphatic heterocycles. The summed E-state index contributed by atoms with van der Waals surface area (Å²) in [4.78, 5) is 23.0. The minimum absolute atomic E-state index is 0.0695. The van der Waals surface area contributed by atoms with Gasteiger partial charge < -0.3 is 18.9 Å². The SMILES string of the molecule is CC/C=C\C/C=C\C/C=C\C/C=C\C/C=C\C/C=C\C/C=C\CCCCOCC(COP(=O)(O)OCC[N+](C)(C)C)OC(=O)CCCCCCCCCC/C=C\C/C=C\C/C=C\C/C=C\CC. The Labute approximate surface area is 411 Å². The number of nitrogens with zero attached hydrogens (tertiary/aromatic N) is 1. The average Bonchev–Trinajstić information content (AvgIpc) is 3.29. The minimum atomic E-state index is -4.31. The molecule has 0 rings (SSSR count). The first-order chi connectivity index (χ1) is 32.6. The van der Waals surface area contributed by atoms with Crippen LogP contribution < -0.4 is 0 Å². The van der Waals surface area contributed by atoms with Crippen molar-refractivity contribution in [3.63, 3.8) is 0 Å². The van der Waals surface area contributed by atoms with Gasteiger partial charge in [0.2, 0.25) is 0 Å². The van der Waals surface area contributed by atoms with Crippen LogP contribution in [0, 0.1) is 0 Å². The van der Waals surface area contributed by atoms with Gasteiger partial charge in [-0.2, -0.15) is 0 Å². The molecule has 1 N–H and O–H groups in total. The molecule has 0 spiro atoms. The molecule has 0 fully saturated rings. The smallest absolute Gasteiger partial charge is 0.457 e. The van der Waals surface area contributed by atoms with Crippen LogP contribution in [0.25, 0.3) is 0 Å². The second-order valence-corrected chi connectivity index (χ2v) is 19.2. The van der Waals surface area contributed by atoms with Gasteiger partial charge in [-0.1, -0.05) is 186 Å². The Morgan fingerprint density at radius 2 is 0.821 bits per heavy atom. The Morgan fingerprint density at radius 1 is 0.463 bits per heavy atom. The maximum atomic E-state index is 12.8. The van der Waals surface area contributed by atoms with Crippen molar-refractivity contribution < 1.29 is 37.3 Å². The van der Waals surface area contributed by atoms with Gasteiger partial charge in [0.05, 0.1) is 34.4 Å². The zero-order chi connectivity index (χ0) is 49.0. The molecule has 380 valence electrons. The van der Waals surface area contributed by atoms with E-state index in [1.807, 2.05) is 21.1 Å². The van der Waals surface area contributed by atoms with Crippen LogP contribution in [0.5, 0.6) is 0 Å². The van der Waals surface area contributed by atoms with Gasteiger partial charge in [0.25, 0.3) is 0 Å². The fraction of sp³-hybridized carbons (Fsp3) is 0.603. The molecule has 0 radical (unpaired) electrons. The van der Waals surface area contributed by atoms with Gasteiger partial charge in [-0.15, -0.1) is 0 Å². The number of unbranched alkanes of at least 4 members (excludes halogenated alkanes) is 10. The summed E-state index contributed by atoms with van der Waals surface area (Å²) in [5.74, 6) is -0.344. The van der Waals surface area contributed by atoms with Gasteiger partial charge in [-0.25, -0.2) is 4.57 Å². The topological polar surface area (TPSA) is 91.3 Å². The summed E-state index contributed by atoms with van der Waals surface area (Å²) in [5.41, 5.74) is 0. The van der Waals surface area contributed by atoms with Crippen molar-refractivity contribution in [1.82, 2.24) is 0 Å². The van der Waals surface area contributed by atoms with E-state index in [4.69, 9.17) is 18.5 Å². The first-order valence-electron chi connectivity index (χ1n) is 25.9. The van der Waals surface area contributed by atoms with Crippen LogP contribution in [0.2, 0.25) is 0 Å². The molecule has 0 bridgehead atoms. The van der Waals surface area contributed by atoms with Crippen LogP contribution in [0.3, 0.4) is 0 Å². The number of allylic oxidation sites excluding steroid dienone is 22. The highest BCUT2D eigenvalue weighted by atomic mass is 31.2. The molecule has 8 nitrogen and oxygen atoms in total. The number of quaternary nitrogens is 1. The zero-order valence-electron chi connectivity index (χ0n) is 43.1. The summed E-state index contributed by atoms with van der Waals surface area (Å²) in [7, 11) is 1.61. The van der Waals surface area contributed by atoms with Crippen LogP contribution in [0.1, 0.15) is 168 Å². The minimum Gasteiger partial charge on any atom is -0.457 e. The summed E-state index contributed by atoms with van der Waals surface area (Å²) in [6.07, 6.45) is 72.2. The lowest BCUT2D eigenvalue weighted by Crippen LogP contribution is -2.37. The number of ether oxygens (including phenoxy) is 2. The highest BCUT2D eigenvalue weighted by Gasteiger charge is 2.26. The average molecular weight is 951 g/mol. The van der Waals surface area contributed by atoms with Crippen LogP contribution in [0.4, 0.5) is 0 Å². The van der Waals surface area contributed by atoms with E-state index in [1.165, 1.54) is 32.1 Å². The van der Waals surface area contributed by atoms with Crippen LogP contribution >= 0.6 is 7.82 Å². The number of phosphoric ester groups is 1. The Balaban J connectivity index is 4.30. The third-order valence-corrected chi connectivity index (χ3v) is 11.2. The fourth-order valence-electron chi connectivity index (χ4n) is 6.29. The lowest BCUT2D eigenvalue weighted by Gasteiger charge is -2.24. The second kappa shape index (κ2) is 49.1. The molecule has 0 aromatic heterocycles. The van der Waals surface area contributed by atoms with Gasteiger partial charge >= 0.3 is 13.8 Å². The molecule has 0 aromatic rings. The van der Waals surface area contributed by atoms with Gasteiger partial charge in [-0.05, 0) is 109 Å². The first-order valence-corrected chi connectivity index (χ1v) is 27.4. The van der Waals surface area contributed by atoms with E-state index in [9.17, 15) is 14.3 Å². The molecule has 2 atom stereocenters. The predicted octanol–water partition coefficient (Wildman–Crippen LogP) is 16.3. The van der Waals surface area contributed by atoms with Crippen molar-refractivity contribution in [2.45, 2.75) is 174 Å². The third-order valence-electron chi connectivity index (χ3n) is 10.2. The maximum absolute atomic E-state index is 12.8. The van der Waals surface area contributed by atoms with E-state index >= 15 is 0 Å². The summed E-state index contributed by atoms with van der Waals surface area (Å²) < 4.78 is 35.1. The highest BCUT2D eigenvalue weighted by molar-refractivity contribution is 7.47. The summed E-state index contributed by atoms with van der Waals surface area (Å²) in [6, 6.07) is 0. The van der Waals surface area contributed by atoms with Crippen molar-refractivity contribution >= 4 is 13.8 Å². The summed E-state index contributed by atoms with van der Waals surface area (Å²) in [5, 5.41) is 0. The third kappa shape index (κ3) is 53.5. The lowest BCUT2D eigenvalue weighted by atomic mass is 10.1. The number of hydrogen-bond donors (Lipinski definition) is 1. The molecule has 0 heterocycles. The van der Waals surface area contributed by atoms with E-state index in [-0.39, 0.29) is 25.8 Å². The molecular formula is C58H97NO7P+. The molecule has 0 saturated carbocycles. The normalized spacial score (nSPS) is 14.7. The van der Waals surface area contributed by atoms with E-state index in [1.54, 1.807) is 0 Å². The van der Waals surface area contributed by atoms with Gasteiger partial charge in [0, 0.05) is 13.0 Å². The first kappa shape index (κ1) is 63.6. The predicted molar refractivity (Wildman–Crippen MR) is 288 cm³/mol. The van der Waals surface area contributed by atoms with Crippen LogP contribution in [-0.4, -0.2) is 75.6 Å². The lowest BCUT2D eigenvalue weighted by molar-refractivity contribution is -0.870. The Kier molecular flexibility index (Phi) is 46.6. The van der Waals surface area contributed by atoms with E-state index in [0.29, 0.717) is 24.1 Å². The Hall–Kier alpha value is -3.36. The maximum Gasteiger partial charge on any atom is 0.472 e. The van der Waals surface area contributed by atoms with Crippen molar-refractivity contribution in [3.8, 4) is 0 Å². The number of likely N-dealkylation sites (N-methyl/N-ethyl adjacent to an activating group) is 1. The van der Waals surface area contributed by atoms with Crippen LogP contribution in [0.15, 0.2) is 134 Å². The van der Waals surface area contributed by atoms with Gasteiger partial charge in [0.1, 0.15) is 19.3 Å². The van der Waals surface area contributed by atoms with Gasteiger partial charge in [-0.3, -0.25) is 13.8 Å². The second-order valence-electron chi connectivity index (χ2n) is 17.8. The Morgan fingerprint density at radius 3 is 1.22 bits per heavy atom. The number of carbonyl (C=O) groups is 1. The van der Waals surface area contributed by atoms with Crippen molar-refractivity contribution in [1.29, 1.82) is 0 Å².